The SMILES string of the molecule is CC(CCCO)NC(=O)c1cc(Br)cc([N+](=O)[O-])c1. The molecule has 0 saturated carbocycles. The molecular weight excluding hydrogens is 316 g/mol. The quantitative estimate of drug-likeness (QED) is 0.618. The molecule has 0 aliphatic rings. The lowest BCUT2D eigenvalue weighted by molar-refractivity contribution is -0.385. The number of carbonyl (C=O) groups excluding carboxylic acids is 1. The van der Waals surface area contributed by atoms with Gasteiger partial charge >= 0.3 is 0 Å². The van der Waals surface area contributed by atoms with Crippen molar-refractivity contribution < 1.29 is 14.8 Å². The van der Waals surface area contributed by atoms with Crippen LogP contribution in [0.5, 0.6) is 0 Å². The van der Waals surface area contributed by atoms with Crippen LogP contribution in [0, 0.1) is 10.1 Å². The Balaban J connectivity index is 2.79. The number of aliphatic hydroxyl groups is 1. The molecule has 1 aromatic rings. The highest BCUT2D eigenvalue weighted by atomic mass is 79.9. The first kappa shape index (κ1) is 15.6. The third-order valence-corrected chi connectivity index (χ3v) is 2.99. The molecule has 2 N–H and O–H groups in total. The lowest BCUT2D eigenvalue weighted by atomic mass is 10.1. The molecule has 1 aromatic carbocycles. The molecule has 0 radical (unpaired) electrons. The minimum Gasteiger partial charge on any atom is -0.396 e. The monoisotopic (exact) mass is 330 g/mol. The van der Waals surface area contributed by atoms with Crippen LogP contribution in [0.1, 0.15) is 30.1 Å². The lowest BCUT2D eigenvalue weighted by Crippen LogP contribution is -2.32. The Morgan fingerprint density at radius 2 is 2.21 bits per heavy atom. The van der Waals surface area contributed by atoms with Crippen LogP contribution in [0.25, 0.3) is 0 Å². The number of nitrogens with one attached hydrogen (secondary N) is 1. The Labute approximate surface area is 119 Å². The van der Waals surface area contributed by atoms with Crippen molar-refractivity contribution >= 4 is 27.5 Å². The zero-order valence-electron chi connectivity index (χ0n) is 10.4. The van der Waals surface area contributed by atoms with E-state index in [0.29, 0.717) is 17.3 Å². The van der Waals surface area contributed by atoms with E-state index in [9.17, 15) is 14.9 Å². The van der Waals surface area contributed by atoms with E-state index < -0.39 is 4.92 Å². The first-order chi connectivity index (χ1) is 8.93. The second kappa shape index (κ2) is 7.20. The van der Waals surface area contributed by atoms with Crippen LogP contribution in [0.2, 0.25) is 0 Å². The number of halogens is 1. The van der Waals surface area contributed by atoms with E-state index in [-0.39, 0.29) is 29.8 Å². The summed E-state index contributed by atoms with van der Waals surface area (Å²) in [6, 6.07) is 4.00. The number of nitro benzene ring substituents is 1. The van der Waals surface area contributed by atoms with E-state index in [2.05, 4.69) is 21.2 Å². The molecule has 0 aliphatic carbocycles. The molecule has 1 rings (SSSR count). The van der Waals surface area contributed by atoms with Crippen molar-refractivity contribution in [3.8, 4) is 0 Å². The summed E-state index contributed by atoms with van der Waals surface area (Å²) in [4.78, 5) is 22.1. The molecule has 0 aromatic heterocycles. The Morgan fingerprint density at radius 3 is 2.79 bits per heavy atom. The molecular formula is C12H15BrN2O4. The molecule has 1 atom stereocenters. The molecule has 0 saturated heterocycles. The van der Waals surface area contributed by atoms with Gasteiger partial charge in [0, 0.05) is 34.8 Å². The zero-order valence-corrected chi connectivity index (χ0v) is 12.0. The number of amides is 1. The number of non-ortho nitro benzene ring substituents is 1. The number of aliphatic hydroxyl groups excluding tert-OH is 1. The molecule has 0 bridgehead atoms. The average Bonchev–Trinajstić information content (AvgIpc) is 2.35. The maximum atomic E-state index is 11.9. The van der Waals surface area contributed by atoms with Gasteiger partial charge in [0.2, 0.25) is 0 Å². The largest absolute Gasteiger partial charge is 0.396 e. The van der Waals surface area contributed by atoms with Gasteiger partial charge in [0.1, 0.15) is 0 Å². The van der Waals surface area contributed by atoms with Gasteiger partial charge in [-0.05, 0) is 25.8 Å². The second-order valence-electron chi connectivity index (χ2n) is 4.20. The topological polar surface area (TPSA) is 92.5 Å². The van der Waals surface area contributed by atoms with E-state index in [1.54, 1.807) is 0 Å². The molecule has 0 fully saturated rings. The van der Waals surface area contributed by atoms with Crippen LogP contribution >= 0.6 is 15.9 Å². The summed E-state index contributed by atoms with van der Waals surface area (Å²) in [5.74, 6) is -0.366. The first-order valence-corrected chi connectivity index (χ1v) is 6.60. The van der Waals surface area contributed by atoms with Crippen LogP contribution in [0.15, 0.2) is 22.7 Å². The summed E-state index contributed by atoms with van der Waals surface area (Å²) < 4.78 is 0.481. The molecule has 1 amide bonds. The summed E-state index contributed by atoms with van der Waals surface area (Å²) in [7, 11) is 0. The van der Waals surface area contributed by atoms with Gasteiger partial charge < -0.3 is 10.4 Å². The van der Waals surface area contributed by atoms with Gasteiger partial charge in [-0.25, -0.2) is 0 Å². The van der Waals surface area contributed by atoms with Crippen molar-refractivity contribution in [1.82, 2.24) is 5.32 Å². The third kappa shape index (κ3) is 4.96. The molecule has 0 aliphatic heterocycles. The minimum atomic E-state index is -0.545. The van der Waals surface area contributed by atoms with Crippen molar-refractivity contribution in [3.63, 3.8) is 0 Å². The first-order valence-electron chi connectivity index (χ1n) is 5.80. The Bertz CT molecular complexity index is 479. The molecule has 6 nitrogen and oxygen atoms in total. The number of benzene rings is 1. The fourth-order valence-electron chi connectivity index (χ4n) is 1.59. The van der Waals surface area contributed by atoms with Crippen LogP contribution in [-0.2, 0) is 0 Å². The number of carbonyl (C=O) groups is 1. The van der Waals surface area contributed by atoms with Gasteiger partial charge in [-0.2, -0.15) is 0 Å². The minimum absolute atomic E-state index is 0.0720. The fraction of sp³-hybridized carbons (Fsp3) is 0.417. The Morgan fingerprint density at radius 1 is 1.53 bits per heavy atom. The van der Waals surface area contributed by atoms with Crippen molar-refractivity contribution in [2.45, 2.75) is 25.8 Å². The third-order valence-electron chi connectivity index (χ3n) is 2.53. The van der Waals surface area contributed by atoms with Crippen molar-refractivity contribution in [2.24, 2.45) is 0 Å². The normalized spacial score (nSPS) is 11.9. The highest BCUT2D eigenvalue weighted by Gasteiger charge is 2.15. The second-order valence-corrected chi connectivity index (χ2v) is 5.11. The van der Waals surface area contributed by atoms with Crippen LogP contribution in [-0.4, -0.2) is 28.6 Å². The number of nitrogens with zero attached hydrogens (tertiary/aromatic N) is 1. The van der Waals surface area contributed by atoms with Crippen molar-refractivity contribution in [1.29, 1.82) is 0 Å². The smallest absolute Gasteiger partial charge is 0.271 e. The predicted octanol–water partition coefficient (Wildman–Crippen LogP) is 2.25. The van der Waals surface area contributed by atoms with Gasteiger partial charge in [-0.15, -0.1) is 0 Å². The Hall–Kier alpha value is -1.47. The molecule has 7 heteroatoms. The standard InChI is InChI=1S/C12H15BrN2O4/c1-8(3-2-4-16)14-12(17)9-5-10(13)7-11(6-9)15(18)19/h5-8,16H,2-4H2,1H3,(H,14,17). The van der Waals surface area contributed by atoms with E-state index in [4.69, 9.17) is 5.11 Å². The van der Waals surface area contributed by atoms with E-state index >= 15 is 0 Å². The van der Waals surface area contributed by atoms with Gasteiger partial charge in [0.05, 0.1) is 4.92 Å². The molecule has 0 heterocycles. The maximum absolute atomic E-state index is 11.9. The van der Waals surface area contributed by atoms with Gasteiger partial charge in [0.15, 0.2) is 0 Å². The van der Waals surface area contributed by atoms with Gasteiger partial charge in [-0.1, -0.05) is 15.9 Å². The van der Waals surface area contributed by atoms with E-state index in [0.717, 1.165) is 0 Å². The van der Waals surface area contributed by atoms with Gasteiger partial charge in [-0.3, -0.25) is 14.9 Å². The van der Waals surface area contributed by atoms with Crippen LogP contribution < -0.4 is 5.32 Å². The molecule has 1 unspecified atom stereocenters. The average molecular weight is 331 g/mol. The number of rotatable bonds is 6. The van der Waals surface area contributed by atoms with Gasteiger partial charge in [0.25, 0.3) is 11.6 Å². The fourth-order valence-corrected chi connectivity index (χ4v) is 2.07. The molecule has 104 valence electrons. The zero-order chi connectivity index (χ0) is 14.4. The van der Waals surface area contributed by atoms with Crippen LogP contribution in [0.4, 0.5) is 5.69 Å². The van der Waals surface area contributed by atoms with E-state index in [1.165, 1.54) is 18.2 Å². The van der Waals surface area contributed by atoms with E-state index in [1.807, 2.05) is 6.92 Å². The van der Waals surface area contributed by atoms with Crippen LogP contribution in [0.3, 0.4) is 0 Å². The van der Waals surface area contributed by atoms with Crippen molar-refractivity contribution in [3.05, 3.63) is 38.3 Å². The predicted molar refractivity (Wildman–Crippen MR) is 74.0 cm³/mol. The summed E-state index contributed by atoms with van der Waals surface area (Å²) in [6.45, 7) is 1.89. The van der Waals surface area contributed by atoms with Crippen molar-refractivity contribution in [2.75, 3.05) is 6.61 Å². The summed E-state index contributed by atoms with van der Waals surface area (Å²) in [5.41, 5.74) is 0.0967. The molecule has 0 spiro atoms. The summed E-state index contributed by atoms with van der Waals surface area (Å²) in [6.07, 6.45) is 1.25. The lowest BCUT2D eigenvalue weighted by Gasteiger charge is -2.13. The Kier molecular flexibility index (Phi) is 5.91. The number of nitro groups is 1. The number of hydrogen-bond donors (Lipinski definition) is 2. The number of hydrogen-bond acceptors (Lipinski definition) is 4. The molecule has 19 heavy (non-hydrogen) atoms. The maximum Gasteiger partial charge on any atom is 0.271 e. The summed E-state index contributed by atoms with van der Waals surface area (Å²) in [5, 5.41) is 22.2. The highest BCUT2D eigenvalue weighted by Crippen LogP contribution is 2.21. The highest BCUT2D eigenvalue weighted by molar-refractivity contribution is 9.10. The summed E-state index contributed by atoms with van der Waals surface area (Å²) >= 11 is 3.14.